The number of nitrogens with zero attached hydrogens (tertiary/aromatic N) is 3. The number of aromatic nitrogens is 3. The molecule has 31 heavy (non-hydrogen) atoms. The first-order valence-corrected chi connectivity index (χ1v) is 12.2. The average Bonchev–Trinajstić information content (AvgIpc) is 3.41. The molecule has 0 unspecified atom stereocenters. The fourth-order valence-electron chi connectivity index (χ4n) is 3.30. The summed E-state index contributed by atoms with van der Waals surface area (Å²) in [5.41, 5.74) is 0.812. The number of anilines is 1. The zero-order valence-corrected chi connectivity index (χ0v) is 19.3. The topological polar surface area (TPSA) is 76.9 Å². The van der Waals surface area contributed by atoms with Crippen LogP contribution in [0, 0.1) is 0 Å². The summed E-state index contributed by atoms with van der Waals surface area (Å²) in [5.74, 6) is -0.386. The Balaban J connectivity index is 1.62. The molecule has 0 atom stereocenters. The number of unbranched alkanes of at least 4 members (excludes halogenated alkanes) is 3. The highest BCUT2D eigenvalue weighted by Gasteiger charge is 2.18. The third-order valence-corrected chi connectivity index (χ3v) is 6.87. The number of carbonyl (C=O) groups is 1. The molecule has 1 amide bonds. The average molecular weight is 473 g/mol. The normalized spacial score (nSPS) is 11.2. The molecule has 3 aromatic heterocycles. The molecule has 160 valence electrons. The zero-order valence-electron chi connectivity index (χ0n) is 16.9. The molecular formula is C22H21ClN4O2S2. The van der Waals surface area contributed by atoms with E-state index in [1.165, 1.54) is 27.4 Å². The molecule has 0 fully saturated rings. The van der Waals surface area contributed by atoms with Gasteiger partial charge in [0, 0.05) is 17.3 Å². The Morgan fingerprint density at radius 2 is 1.94 bits per heavy atom. The number of thiophene rings is 1. The fraction of sp³-hybridized carbons (Fsp3) is 0.273. The number of hydrogen-bond acceptors (Lipinski definition) is 6. The van der Waals surface area contributed by atoms with Crippen molar-refractivity contribution in [2.75, 3.05) is 5.32 Å². The number of amides is 1. The largest absolute Gasteiger partial charge is 0.296 e. The molecule has 0 bridgehead atoms. The Bertz CT molecular complexity index is 1280. The van der Waals surface area contributed by atoms with E-state index in [4.69, 9.17) is 11.6 Å². The molecule has 1 aromatic carbocycles. The number of carbonyl (C=O) groups excluding carboxylic acids is 1. The van der Waals surface area contributed by atoms with Crippen molar-refractivity contribution in [2.24, 2.45) is 0 Å². The summed E-state index contributed by atoms with van der Waals surface area (Å²) in [6.45, 7) is 2.63. The van der Waals surface area contributed by atoms with Crippen LogP contribution in [0.2, 0.25) is 4.34 Å². The highest BCUT2D eigenvalue weighted by Crippen LogP contribution is 2.33. The van der Waals surface area contributed by atoms with Crippen LogP contribution in [-0.4, -0.2) is 20.7 Å². The molecule has 4 rings (SSSR count). The van der Waals surface area contributed by atoms with Crippen molar-refractivity contribution in [2.45, 2.75) is 39.2 Å². The quantitative estimate of drug-likeness (QED) is 0.316. The lowest BCUT2D eigenvalue weighted by Gasteiger charge is -2.10. The lowest BCUT2D eigenvalue weighted by Crippen LogP contribution is -2.27. The molecule has 0 aliphatic heterocycles. The molecule has 0 aliphatic rings. The van der Waals surface area contributed by atoms with E-state index in [-0.39, 0.29) is 17.2 Å². The van der Waals surface area contributed by atoms with Crippen LogP contribution in [0.1, 0.15) is 43.1 Å². The predicted molar refractivity (Wildman–Crippen MR) is 129 cm³/mol. The minimum Gasteiger partial charge on any atom is -0.296 e. The minimum absolute atomic E-state index is 0.172. The molecule has 1 N–H and O–H groups in total. The maximum absolute atomic E-state index is 13.1. The van der Waals surface area contributed by atoms with Crippen LogP contribution < -0.4 is 10.9 Å². The van der Waals surface area contributed by atoms with Gasteiger partial charge in [-0.2, -0.15) is 5.10 Å². The second kappa shape index (κ2) is 9.72. The van der Waals surface area contributed by atoms with Gasteiger partial charge in [0.15, 0.2) is 10.8 Å². The zero-order chi connectivity index (χ0) is 21.8. The Hall–Kier alpha value is -2.55. The van der Waals surface area contributed by atoms with Crippen molar-refractivity contribution in [1.29, 1.82) is 0 Å². The van der Waals surface area contributed by atoms with Gasteiger partial charge in [-0.3, -0.25) is 14.9 Å². The van der Waals surface area contributed by atoms with E-state index in [0.717, 1.165) is 36.3 Å². The standard InChI is InChI=1S/C22H21ClN4O2S2/c1-2-3-4-7-12-27-21(29)15-9-6-5-8-14(15)19(26-27)20(28)25-22-24-16(13-30-22)17-10-11-18(23)31-17/h5-6,8-11,13H,2-4,7,12H2,1H3,(H,24,25,28). The van der Waals surface area contributed by atoms with Crippen molar-refractivity contribution in [3.8, 4) is 10.6 Å². The minimum atomic E-state index is -0.386. The number of rotatable bonds is 8. The van der Waals surface area contributed by atoms with Gasteiger partial charge in [0.1, 0.15) is 0 Å². The smallest absolute Gasteiger partial charge is 0.278 e. The number of benzene rings is 1. The maximum Gasteiger partial charge on any atom is 0.278 e. The van der Waals surface area contributed by atoms with Gasteiger partial charge in [0.05, 0.1) is 20.3 Å². The van der Waals surface area contributed by atoms with Gasteiger partial charge in [0.25, 0.3) is 11.5 Å². The van der Waals surface area contributed by atoms with Crippen molar-refractivity contribution in [3.05, 3.63) is 62.2 Å². The van der Waals surface area contributed by atoms with E-state index >= 15 is 0 Å². The molecule has 0 radical (unpaired) electrons. The Morgan fingerprint density at radius 3 is 2.68 bits per heavy atom. The summed E-state index contributed by atoms with van der Waals surface area (Å²) in [5, 5.41) is 10.6. The van der Waals surface area contributed by atoms with Crippen molar-refractivity contribution >= 4 is 56.1 Å². The summed E-state index contributed by atoms with van der Waals surface area (Å²) in [6, 6.07) is 10.8. The van der Waals surface area contributed by atoms with Gasteiger partial charge in [0.2, 0.25) is 0 Å². The van der Waals surface area contributed by atoms with Crippen molar-refractivity contribution in [3.63, 3.8) is 0 Å². The summed E-state index contributed by atoms with van der Waals surface area (Å²) >= 11 is 8.77. The van der Waals surface area contributed by atoms with Crippen LogP contribution in [0.25, 0.3) is 21.3 Å². The first kappa shape index (κ1) is 21.7. The molecule has 0 saturated heterocycles. The number of hydrogen-bond donors (Lipinski definition) is 1. The van der Waals surface area contributed by atoms with Crippen molar-refractivity contribution in [1.82, 2.24) is 14.8 Å². The number of aryl methyl sites for hydroxylation is 1. The van der Waals surface area contributed by atoms with E-state index in [1.807, 2.05) is 17.5 Å². The molecule has 4 aromatic rings. The van der Waals surface area contributed by atoms with E-state index in [1.54, 1.807) is 24.3 Å². The summed E-state index contributed by atoms with van der Waals surface area (Å²) in [6.07, 6.45) is 4.09. The molecule has 0 saturated carbocycles. The SMILES string of the molecule is CCCCCCn1nc(C(=O)Nc2nc(-c3ccc(Cl)s3)cs2)c2ccccc2c1=O. The van der Waals surface area contributed by atoms with Crippen LogP contribution in [0.5, 0.6) is 0 Å². The fourth-order valence-corrected chi connectivity index (χ4v) is 5.08. The van der Waals surface area contributed by atoms with Gasteiger partial charge in [-0.1, -0.05) is 56.0 Å². The first-order valence-electron chi connectivity index (χ1n) is 10.1. The molecule has 6 nitrogen and oxygen atoms in total. The second-order valence-corrected chi connectivity index (χ2v) is 9.65. The van der Waals surface area contributed by atoms with Crippen LogP contribution in [0.15, 0.2) is 46.6 Å². The van der Waals surface area contributed by atoms with Crippen LogP contribution >= 0.6 is 34.3 Å². The van der Waals surface area contributed by atoms with E-state index in [9.17, 15) is 9.59 Å². The lowest BCUT2D eigenvalue weighted by atomic mass is 10.1. The van der Waals surface area contributed by atoms with Gasteiger partial charge in [-0.15, -0.1) is 22.7 Å². The Kier molecular flexibility index (Phi) is 6.80. The third-order valence-electron chi connectivity index (χ3n) is 4.86. The van der Waals surface area contributed by atoms with Gasteiger partial charge < -0.3 is 0 Å². The number of fused-ring (bicyclic) bond motifs is 1. The van der Waals surface area contributed by atoms with Gasteiger partial charge in [-0.25, -0.2) is 9.67 Å². The molecule has 0 aliphatic carbocycles. The summed E-state index contributed by atoms with van der Waals surface area (Å²) < 4.78 is 2.10. The number of nitrogens with one attached hydrogen (secondary N) is 1. The third kappa shape index (κ3) is 4.87. The molecule has 9 heteroatoms. The molecule has 0 spiro atoms. The summed E-state index contributed by atoms with van der Waals surface area (Å²) in [4.78, 5) is 31.3. The number of halogens is 1. The van der Waals surface area contributed by atoms with Crippen molar-refractivity contribution < 1.29 is 4.79 Å². The van der Waals surface area contributed by atoms with Crippen LogP contribution in [0.3, 0.4) is 0 Å². The first-order chi connectivity index (χ1) is 15.1. The van der Waals surface area contributed by atoms with E-state index in [2.05, 4.69) is 22.3 Å². The van der Waals surface area contributed by atoms with Crippen LogP contribution in [-0.2, 0) is 6.54 Å². The summed E-state index contributed by atoms with van der Waals surface area (Å²) in [7, 11) is 0. The Morgan fingerprint density at radius 1 is 1.13 bits per heavy atom. The van der Waals surface area contributed by atoms with Gasteiger partial charge in [-0.05, 0) is 24.6 Å². The van der Waals surface area contributed by atoms with E-state index in [0.29, 0.717) is 26.8 Å². The van der Waals surface area contributed by atoms with E-state index < -0.39 is 0 Å². The highest BCUT2D eigenvalue weighted by atomic mass is 35.5. The number of thiazole rings is 1. The lowest BCUT2D eigenvalue weighted by molar-refractivity contribution is 0.102. The predicted octanol–water partition coefficient (Wildman–Crippen LogP) is 6.07. The second-order valence-electron chi connectivity index (χ2n) is 7.08. The highest BCUT2D eigenvalue weighted by molar-refractivity contribution is 7.20. The monoisotopic (exact) mass is 472 g/mol. The Labute approximate surface area is 192 Å². The van der Waals surface area contributed by atoms with Crippen LogP contribution in [0.4, 0.5) is 5.13 Å². The van der Waals surface area contributed by atoms with Gasteiger partial charge >= 0.3 is 0 Å². The molecular weight excluding hydrogens is 452 g/mol. The maximum atomic E-state index is 13.1. The molecule has 3 heterocycles.